The number of aromatic nitrogens is 4. The van der Waals surface area contributed by atoms with Crippen LogP contribution in [0.25, 0.3) is 27.7 Å². The van der Waals surface area contributed by atoms with Gasteiger partial charge in [0.05, 0.1) is 28.7 Å². The number of amides is 1. The van der Waals surface area contributed by atoms with Gasteiger partial charge >= 0.3 is 18.1 Å². The molecule has 1 aromatic carbocycles. The van der Waals surface area contributed by atoms with Crippen LogP contribution in [0.5, 0.6) is 0 Å². The summed E-state index contributed by atoms with van der Waals surface area (Å²) in [5.74, 6) is -3.66. The minimum atomic E-state index is -5.08. The molecule has 2 atom stereocenters. The van der Waals surface area contributed by atoms with Gasteiger partial charge in [0.1, 0.15) is 24.2 Å². The fourth-order valence-corrected chi connectivity index (χ4v) is 4.95. The number of imidazole rings is 1. The highest BCUT2D eigenvalue weighted by Gasteiger charge is 2.43. The number of halogens is 5. The highest BCUT2D eigenvalue weighted by molar-refractivity contribution is 7.99. The topological polar surface area (TPSA) is 139 Å². The molecule has 1 aliphatic rings. The number of anilines is 1. The van der Waals surface area contributed by atoms with Gasteiger partial charge < -0.3 is 19.6 Å². The molecule has 1 aliphatic carbocycles. The molecule has 1 amide bonds. The molecule has 16 heteroatoms. The predicted molar refractivity (Wildman–Crippen MR) is 142 cm³/mol. The van der Waals surface area contributed by atoms with Gasteiger partial charge in [-0.1, -0.05) is 6.92 Å². The number of nitrogens with one attached hydrogen (secondary N) is 2. The quantitative estimate of drug-likeness (QED) is 0.105. The average molecular weight is 614 g/mol. The van der Waals surface area contributed by atoms with E-state index in [2.05, 4.69) is 20.5 Å². The number of ether oxygens (including phenoxy) is 1. The number of aromatic amines is 1. The van der Waals surface area contributed by atoms with Gasteiger partial charge in [0.15, 0.2) is 5.82 Å². The molecule has 10 nitrogen and oxygen atoms in total. The van der Waals surface area contributed by atoms with Crippen molar-refractivity contribution in [3.8, 4) is 11.1 Å². The largest absolute Gasteiger partial charge is 0.490 e. The molecule has 42 heavy (non-hydrogen) atoms. The van der Waals surface area contributed by atoms with Gasteiger partial charge in [-0.3, -0.25) is 14.7 Å². The lowest BCUT2D eigenvalue weighted by molar-refractivity contribution is -0.192. The van der Waals surface area contributed by atoms with Crippen molar-refractivity contribution in [2.75, 3.05) is 17.7 Å². The maximum atomic E-state index is 15.5. The average Bonchev–Trinajstić information content (AvgIpc) is 3.29. The number of nitrogens with zero attached hydrogens (tertiary/aromatic N) is 3. The number of carboxylic acid groups (broad SMARTS) is 1. The van der Waals surface area contributed by atoms with Crippen molar-refractivity contribution in [1.82, 2.24) is 19.6 Å². The zero-order valence-corrected chi connectivity index (χ0v) is 22.9. The number of carbonyl (C=O) groups is 3. The van der Waals surface area contributed by atoms with Crippen LogP contribution in [0, 0.1) is 18.7 Å². The maximum absolute atomic E-state index is 15.5. The third kappa shape index (κ3) is 6.80. The van der Waals surface area contributed by atoms with Crippen LogP contribution in [0.1, 0.15) is 25.3 Å². The number of alkyl halides is 4. The summed E-state index contributed by atoms with van der Waals surface area (Å²) in [5.41, 5.74) is 3.05. The number of H-pyrrole nitrogens is 1. The lowest BCUT2D eigenvalue weighted by atomic mass is 9.97. The number of esters is 1. The zero-order chi connectivity index (χ0) is 30.8. The first-order chi connectivity index (χ1) is 19.8. The number of carbonyl (C=O) groups excluding carboxylic acids is 2. The monoisotopic (exact) mass is 613 g/mol. The van der Waals surface area contributed by atoms with Crippen LogP contribution >= 0.6 is 11.8 Å². The molecule has 1 fully saturated rings. The molecule has 0 aliphatic heterocycles. The molecule has 1 saturated carbocycles. The van der Waals surface area contributed by atoms with E-state index in [4.69, 9.17) is 14.6 Å². The van der Waals surface area contributed by atoms with E-state index >= 15 is 4.39 Å². The minimum Gasteiger partial charge on any atom is -0.475 e. The molecule has 5 rings (SSSR count). The first-order valence-electron chi connectivity index (χ1n) is 12.5. The van der Waals surface area contributed by atoms with E-state index in [9.17, 15) is 27.2 Å². The van der Waals surface area contributed by atoms with Crippen molar-refractivity contribution >= 4 is 52.0 Å². The van der Waals surface area contributed by atoms with Gasteiger partial charge in [-0.05, 0) is 36.6 Å². The second-order valence-corrected chi connectivity index (χ2v) is 10.3. The van der Waals surface area contributed by atoms with Gasteiger partial charge in [0.25, 0.3) is 0 Å². The number of fused-ring (bicyclic) bond motifs is 2. The van der Waals surface area contributed by atoms with Crippen molar-refractivity contribution in [1.29, 1.82) is 0 Å². The van der Waals surface area contributed by atoms with E-state index in [1.807, 2.05) is 6.07 Å². The summed E-state index contributed by atoms with van der Waals surface area (Å²) in [6.45, 7) is 3.62. The number of hydrogen-bond acceptors (Lipinski definition) is 7. The summed E-state index contributed by atoms with van der Waals surface area (Å²) >= 11 is 1.27. The second kappa shape index (κ2) is 12.3. The van der Waals surface area contributed by atoms with Crippen molar-refractivity contribution in [2.24, 2.45) is 5.92 Å². The van der Waals surface area contributed by atoms with E-state index < -0.39 is 24.2 Å². The molecule has 3 N–H and O–H groups in total. The van der Waals surface area contributed by atoms with Gasteiger partial charge in [-0.25, -0.2) is 18.6 Å². The Morgan fingerprint density at radius 1 is 1.26 bits per heavy atom. The molecule has 3 heterocycles. The lowest BCUT2D eigenvalue weighted by Gasteiger charge is -2.14. The first-order valence-corrected chi connectivity index (χ1v) is 13.5. The Hall–Kier alpha value is -4.21. The Labute approximate surface area is 238 Å². The molecule has 0 bridgehead atoms. The zero-order valence-electron chi connectivity index (χ0n) is 22.1. The number of benzene rings is 1. The van der Waals surface area contributed by atoms with Crippen LogP contribution in [0.15, 0.2) is 35.6 Å². The molecular formula is C26H24F5N5O5S. The SMILES string of the molecule is CCC(=O)OCCSc1c(F)c(C)c(-c2ccc3nc(NC(=O)[C@@H]4C[C@@H]4F)cn3c2)c2cn[nH]c12.O=C(O)C(F)(F)F. The third-order valence-corrected chi connectivity index (χ3v) is 7.25. The Morgan fingerprint density at radius 2 is 1.95 bits per heavy atom. The van der Waals surface area contributed by atoms with Crippen LogP contribution in [0.4, 0.5) is 27.8 Å². The number of rotatable bonds is 8. The van der Waals surface area contributed by atoms with Crippen molar-refractivity contribution in [3.63, 3.8) is 0 Å². The standard InChI is InChI=1S/C24H23F2N5O3S.C2HF3O2/c1-3-19(32)34-6-7-35-23-21(26)12(2)20(15-9-27-30-22(15)23)13-4-5-18-28-17(11-31(18)10-13)29-24(33)14-8-16(14)25;3-2(4,5)1(6)7/h4-5,9-11,14,16H,3,6-8H2,1-2H3,(H,27,30)(H,29,33);(H,6,7)/t14-,16+;/m1./s1. The second-order valence-electron chi connectivity index (χ2n) is 9.18. The van der Waals surface area contributed by atoms with Crippen LogP contribution in [-0.2, 0) is 19.1 Å². The Bertz CT molecular complexity index is 1650. The van der Waals surface area contributed by atoms with Crippen LogP contribution in [-0.4, -0.2) is 67.2 Å². The van der Waals surface area contributed by atoms with E-state index in [1.54, 1.807) is 42.9 Å². The lowest BCUT2D eigenvalue weighted by Crippen LogP contribution is -2.21. The summed E-state index contributed by atoms with van der Waals surface area (Å²) in [6, 6.07) is 3.60. The number of aliphatic carboxylic acids is 1. The number of thioether (sulfide) groups is 1. The number of hydrogen-bond donors (Lipinski definition) is 3. The molecule has 0 unspecified atom stereocenters. The van der Waals surface area contributed by atoms with E-state index in [0.29, 0.717) is 45.2 Å². The first kappa shape index (κ1) is 30.7. The molecule has 0 radical (unpaired) electrons. The van der Waals surface area contributed by atoms with Gasteiger partial charge in [-0.2, -0.15) is 18.3 Å². The fourth-order valence-electron chi connectivity index (χ4n) is 4.00. The normalized spacial score (nSPS) is 16.2. The summed E-state index contributed by atoms with van der Waals surface area (Å²) in [6.07, 6.45) is -0.518. The minimum absolute atomic E-state index is 0.191. The van der Waals surface area contributed by atoms with Crippen molar-refractivity contribution in [2.45, 2.75) is 43.9 Å². The molecular weight excluding hydrogens is 589 g/mol. The van der Waals surface area contributed by atoms with E-state index in [0.717, 1.165) is 10.9 Å². The van der Waals surface area contributed by atoms with Gasteiger partial charge in [-0.15, -0.1) is 11.8 Å². The Morgan fingerprint density at radius 3 is 2.57 bits per heavy atom. The van der Waals surface area contributed by atoms with Gasteiger partial charge in [0, 0.05) is 29.3 Å². The van der Waals surface area contributed by atoms with Crippen LogP contribution in [0.2, 0.25) is 0 Å². The molecule has 0 saturated heterocycles. The van der Waals surface area contributed by atoms with Crippen LogP contribution in [0.3, 0.4) is 0 Å². The molecule has 4 aromatic rings. The molecule has 0 spiro atoms. The highest BCUT2D eigenvalue weighted by Crippen LogP contribution is 2.40. The van der Waals surface area contributed by atoms with Crippen molar-refractivity contribution in [3.05, 3.63) is 42.1 Å². The third-order valence-electron chi connectivity index (χ3n) is 6.20. The smallest absolute Gasteiger partial charge is 0.475 e. The fraction of sp³-hybridized carbons (Fsp3) is 0.346. The van der Waals surface area contributed by atoms with E-state index in [1.165, 1.54) is 11.8 Å². The predicted octanol–water partition coefficient (Wildman–Crippen LogP) is 5.30. The summed E-state index contributed by atoms with van der Waals surface area (Å²) in [7, 11) is 0. The Kier molecular flexibility index (Phi) is 9.03. The summed E-state index contributed by atoms with van der Waals surface area (Å²) in [4.78, 5) is 37.1. The number of pyridine rings is 1. The van der Waals surface area contributed by atoms with Gasteiger partial charge in [0.2, 0.25) is 5.91 Å². The van der Waals surface area contributed by atoms with Crippen molar-refractivity contribution < 1.29 is 46.2 Å². The summed E-state index contributed by atoms with van der Waals surface area (Å²) in [5, 5.41) is 17.6. The van der Waals surface area contributed by atoms with E-state index in [-0.39, 0.29) is 30.7 Å². The number of carboxylic acids is 1. The highest BCUT2D eigenvalue weighted by atomic mass is 32.2. The van der Waals surface area contributed by atoms with Crippen LogP contribution < -0.4 is 5.32 Å². The Balaban J connectivity index is 0.000000517. The molecule has 3 aromatic heterocycles. The summed E-state index contributed by atoms with van der Waals surface area (Å²) < 4.78 is 67.2. The maximum Gasteiger partial charge on any atom is 0.490 e. The molecule has 224 valence electrons.